The summed E-state index contributed by atoms with van der Waals surface area (Å²) < 4.78 is 2.67. The molecule has 0 saturated heterocycles. The predicted molar refractivity (Wildman–Crippen MR) is 89.4 cm³/mol. The predicted octanol–water partition coefficient (Wildman–Crippen LogP) is 4.64. The van der Waals surface area contributed by atoms with Crippen LogP contribution >= 0.6 is 22.7 Å². The van der Waals surface area contributed by atoms with E-state index < -0.39 is 0 Å². The van der Waals surface area contributed by atoms with E-state index in [0.717, 1.165) is 0 Å². The molecule has 4 heteroatoms. The van der Waals surface area contributed by atoms with Gasteiger partial charge in [-0.25, -0.2) is 5.43 Å². The maximum Gasteiger partial charge on any atom is 0.0803 e. The first-order valence-corrected chi connectivity index (χ1v) is 8.41. The Balaban J connectivity index is 1.94. The molecule has 3 N–H and O–H groups in total. The second-order valence-electron chi connectivity index (χ2n) is 5.22. The van der Waals surface area contributed by atoms with Gasteiger partial charge in [-0.2, -0.15) is 0 Å². The maximum atomic E-state index is 5.79. The third kappa shape index (κ3) is 2.52. The summed E-state index contributed by atoms with van der Waals surface area (Å²) in [6, 6.07) is 13.2. The van der Waals surface area contributed by atoms with E-state index in [4.69, 9.17) is 5.84 Å². The summed E-state index contributed by atoms with van der Waals surface area (Å²) in [5.74, 6) is 6.34. The van der Waals surface area contributed by atoms with Crippen molar-refractivity contribution in [3.05, 3.63) is 57.8 Å². The highest BCUT2D eigenvalue weighted by molar-refractivity contribution is 7.27. The molecule has 0 bridgehead atoms. The number of hydrazine groups is 1. The summed E-state index contributed by atoms with van der Waals surface area (Å²) in [5, 5.41) is 2.13. The lowest BCUT2D eigenvalue weighted by Crippen LogP contribution is -2.28. The Labute approximate surface area is 127 Å². The average molecular weight is 302 g/mol. The van der Waals surface area contributed by atoms with Crippen LogP contribution in [-0.2, 0) is 0 Å². The number of fused-ring (bicyclic) bond motifs is 1. The Morgan fingerprint density at radius 1 is 1.00 bits per heavy atom. The largest absolute Gasteiger partial charge is 0.271 e. The number of hydrogen-bond acceptors (Lipinski definition) is 4. The number of rotatable bonds is 4. The van der Waals surface area contributed by atoms with E-state index in [1.165, 1.54) is 25.4 Å². The normalized spacial score (nSPS) is 13.2. The van der Waals surface area contributed by atoms with Crippen LogP contribution in [0.1, 0.15) is 41.8 Å². The van der Waals surface area contributed by atoms with Gasteiger partial charge in [0.15, 0.2) is 0 Å². The average Bonchev–Trinajstić information content (AvgIpc) is 3.01. The van der Waals surface area contributed by atoms with Crippen molar-refractivity contribution in [1.82, 2.24) is 5.43 Å². The van der Waals surface area contributed by atoms with Crippen molar-refractivity contribution < 1.29 is 0 Å². The molecule has 1 aromatic carbocycles. The number of hydrogen-bond donors (Lipinski definition) is 2. The molecular formula is C16H18N2S2. The zero-order valence-electron chi connectivity index (χ0n) is 11.6. The molecule has 104 valence electrons. The zero-order chi connectivity index (χ0) is 14.1. The molecule has 0 radical (unpaired) electrons. The van der Waals surface area contributed by atoms with Gasteiger partial charge >= 0.3 is 0 Å². The van der Waals surface area contributed by atoms with Crippen LogP contribution in [0.25, 0.3) is 9.40 Å². The van der Waals surface area contributed by atoms with E-state index in [1.807, 2.05) is 11.3 Å². The van der Waals surface area contributed by atoms with Crippen molar-refractivity contribution in [2.24, 2.45) is 5.84 Å². The van der Waals surface area contributed by atoms with Gasteiger partial charge in [0.25, 0.3) is 0 Å². The Morgan fingerprint density at radius 3 is 2.30 bits per heavy atom. The molecule has 0 amide bonds. The van der Waals surface area contributed by atoms with Gasteiger partial charge in [-0.15, -0.1) is 22.7 Å². The van der Waals surface area contributed by atoms with Gasteiger partial charge in [-0.3, -0.25) is 5.84 Å². The Morgan fingerprint density at radius 2 is 1.70 bits per heavy atom. The fourth-order valence-electron chi connectivity index (χ4n) is 2.34. The van der Waals surface area contributed by atoms with E-state index in [0.29, 0.717) is 5.92 Å². The summed E-state index contributed by atoms with van der Waals surface area (Å²) in [6.45, 7) is 4.42. The highest BCUT2D eigenvalue weighted by Gasteiger charge is 2.16. The van der Waals surface area contributed by atoms with E-state index in [-0.39, 0.29) is 6.04 Å². The molecule has 3 rings (SSSR count). The lowest BCUT2D eigenvalue weighted by Gasteiger charge is -2.15. The van der Waals surface area contributed by atoms with E-state index >= 15 is 0 Å². The second-order valence-corrected chi connectivity index (χ2v) is 7.28. The first kappa shape index (κ1) is 13.8. The lowest BCUT2D eigenvalue weighted by atomic mass is 9.99. The highest BCUT2D eigenvalue weighted by Crippen LogP contribution is 2.35. The van der Waals surface area contributed by atoms with Crippen LogP contribution in [0.3, 0.4) is 0 Å². The van der Waals surface area contributed by atoms with E-state index in [9.17, 15) is 0 Å². The summed E-state index contributed by atoms with van der Waals surface area (Å²) in [4.78, 5) is 1.27. The van der Waals surface area contributed by atoms with Crippen LogP contribution < -0.4 is 11.3 Å². The van der Waals surface area contributed by atoms with Gasteiger partial charge in [-0.05, 0) is 34.6 Å². The molecule has 0 aliphatic rings. The van der Waals surface area contributed by atoms with Gasteiger partial charge in [0.05, 0.1) is 6.04 Å². The van der Waals surface area contributed by atoms with Crippen LogP contribution in [-0.4, -0.2) is 0 Å². The van der Waals surface area contributed by atoms with Crippen LogP contribution in [0, 0.1) is 0 Å². The van der Waals surface area contributed by atoms with Crippen LogP contribution in [0.5, 0.6) is 0 Å². The molecule has 1 atom stereocenters. The fourth-order valence-corrected chi connectivity index (χ4v) is 4.55. The van der Waals surface area contributed by atoms with Crippen molar-refractivity contribution in [2.45, 2.75) is 25.8 Å². The van der Waals surface area contributed by atoms with Gasteiger partial charge in [-0.1, -0.05) is 38.1 Å². The standard InChI is InChI=1S/C16H18N2S2/c1-10(2)11-3-5-12(6-4-11)16(18-17)15-9-14-13(20-15)7-8-19-14/h3-10,16,18H,17H2,1-2H3. The van der Waals surface area contributed by atoms with Crippen molar-refractivity contribution in [2.75, 3.05) is 0 Å². The van der Waals surface area contributed by atoms with E-state index in [1.54, 1.807) is 11.3 Å². The monoisotopic (exact) mass is 302 g/mol. The SMILES string of the molecule is CC(C)c1ccc(C(NN)c2cc3sccc3s2)cc1. The molecule has 2 aromatic heterocycles. The van der Waals surface area contributed by atoms with Crippen molar-refractivity contribution in [3.8, 4) is 0 Å². The molecule has 0 saturated carbocycles. The van der Waals surface area contributed by atoms with E-state index in [2.05, 4.69) is 61.1 Å². The summed E-state index contributed by atoms with van der Waals surface area (Å²) in [7, 11) is 0. The van der Waals surface area contributed by atoms with Gasteiger partial charge in [0.2, 0.25) is 0 Å². The first-order chi connectivity index (χ1) is 9.69. The maximum absolute atomic E-state index is 5.79. The summed E-state index contributed by atoms with van der Waals surface area (Å²) in [5.41, 5.74) is 5.52. The van der Waals surface area contributed by atoms with Crippen molar-refractivity contribution in [3.63, 3.8) is 0 Å². The number of thiophene rings is 2. The Hall–Kier alpha value is -1.20. The van der Waals surface area contributed by atoms with Crippen molar-refractivity contribution in [1.29, 1.82) is 0 Å². The molecule has 1 unspecified atom stereocenters. The first-order valence-electron chi connectivity index (χ1n) is 6.72. The third-order valence-electron chi connectivity index (χ3n) is 3.55. The lowest BCUT2D eigenvalue weighted by molar-refractivity contribution is 0.646. The molecule has 0 aliphatic carbocycles. The highest BCUT2D eigenvalue weighted by atomic mass is 32.1. The van der Waals surface area contributed by atoms with Crippen LogP contribution in [0.4, 0.5) is 0 Å². The fraction of sp³-hybridized carbons (Fsp3) is 0.250. The Kier molecular flexibility index (Phi) is 3.89. The van der Waals surface area contributed by atoms with Crippen LogP contribution in [0.15, 0.2) is 41.8 Å². The molecule has 0 fully saturated rings. The molecule has 20 heavy (non-hydrogen) atoms. The molecule has 3 aromatic rings. The summed E-state index contributed by atoms with van der Waals surface area (Å²) in [6.07, 6.45) is 0. The second kappa shape index (κ2) is 5.66. The zero-order valence-corrected chi connectivity index (χ0v) is 13.2. The smallest absolute Gasteiger partial charge is 0.0803 e. The van der Waals surface area contributed by atoms with Gasteiger partial charge in [0, 0.05) is 14.3 Å². The quantitative estimate of drug-likeness (QED) is 0.544. The molecule has 2 nitrogen and oxygen atoms in total. The number of nitrogens with one attached hydrogen (secondary N) is 1. The third-order valence-corrected chi connectivity index (χ3v) is 5.70. The molecule has 0 aliphatic heterocycles. The number of nitrogens with two attached hydrogens (primary N) is 1. The van der Waals surface area contributed by atoms with Gasteiger partial charge in [0.1, 0.15) is 0 Å². The topological polar surface area (TPSA) is 38.0 Å². The minimum Gasteiger partial charge on any atom is -0.271 e. The minimum absolute atomic E-state index is 0.0702. The Bertz CT molecular complexity index is 666. The summed E-state index contributed by atoms with van der Waals surface area (Å²) >= 11 is 3.59. The number of benzene rings is 1. The molecular weight excluding hydrogens is 284 g/mol. The molecule has 2 heterocycles. The molecule has 0 spiro atoms. The minimum atomic E-state index is 0.0702. The van der Waals surface area contributed by atoms with Crippen molar-refractivity contribution >= 4 is 32.1 Å². The van der Waals surface area contributed by atoms with Crippen LogP contribution in [0.2, 0.25) is 0 Å². The van der Waals surface area contributed by atoms with Gasteiger partial charge < -0.3 is 0 Å².